The van der Waals surface area contributed by atoms with Crippen molar-refractivity contribution in [2.24, 2.45) is 0 Å². The van der Waals surface area contributed by atoms with Gasteiger partial charge in [0.05, 0.1) is 12.1 Å². The van der Waals surface area contributed by atoms with Crippen molar-refractivity contribution in [1.29, 1.82) is 0 Å². The van der Waals surface area contributed by atoms with Gasteiger partial charge in [0.2, 0.25) is 0 Å². The van der Waals surface area contributed by atoms with E-state index in [1.165, 1.54) is 35.2 Å². The molecule has 0 atom stereocenters. The fraction of sp³-hybridized carbons (Fsp3) is 0.0870. The van der Waals surface area contributed by atoms with Gasteiger partial charge in [-0.15, -0.1) is 11.3 Å². The molecule has 5 aromatic rings. The number of nitrogens with zero attached hydrogens (tertiary/aromatic N) is 3. The molecule has 0 aliphatic heterocycles. The van der Waals surface area contributed by atoms with Crippen molar-refractivity contribution in [3.05, 3.63) is 98.1 Å². The van der Waals surface area contributed by atoms with E-state index in [-0.39, 0.29) is 11.4 Å². The predicted molar refractivity (Wildman–Crippen MR) is 131 cm³/mol. The molecule has 0 saturated heterocycles. The first-order chi connectivity index (χ1) is 15.5. The van der Waals surface area contributed by atoms with Crippen LogP contribution in [-0.2, 0) is 12.3 Å². The molecule has 0 aliphatic carbocycles. The Labute approximate surface area is 200 Å². The number of fused-ring (bicyclic) bond motifs is 3. The molecule has 0 fully saturated rings. The van der Waals surface area contributed by atoms with Gasteiger partial charge in [0.25, 0.3) is 5.56 Å². The van der Waals surface area contributed by atoms with Crippen LogP contribution in [0.1, 0.15) is 11.1 Å². The third-order valence-corrected chi connectivity index (χ3v) is 7.66. The second-order valence-corrected chi connectivity index (χ2v) is 9.86. The van der Waals surface area contributed by atoms with Crippen molar-refractivity contribution < 1.29 is 4.39 Å². The largest absolute Gasteiger partial charge is 0.282 e. The Bertz CT molecular complexity index is 1520. The summed E-state index contributed by atoms with van der Waals surface area (Å²) in [7, 11) is 0. The summed E-state index contributed by atoms with van der Waals surface area (Å²) in [5, 5.41) is 2.38. The van der Waals surface area contributed by atoms with Crippen LogP contribution in [0.5, 0.6) is 0 Å². The predicted octanol–water partition coefficient (Wildman–Crippen LogP) is 6.79. The first-order valence-corrected chi connectivity index (χ1v) is 12.1. The quantitative estimate of drug-likeness (QED) is 0.196. The maximum absolute atomic E-state index is 13.5. The van der Waals surface area contributed by atoms with Crippen LogP contribution in [0.15, 0.2) is 70.7 Å². The molecule has 160 valence electrons. The molecule has 5 rings (SSSR count). The maximum Gasteiger partial charge on any atom is 0.272 e. The van der Waals surface area contributed by atoms with Crippen LogP contribution in [0.2, 0.25) is 10.0 Å². The molecule has 0 amide bonds. The van der Waals surface area contributed by atoms with Gasteiger partial charge in [-0.05, 0) is 47.5 Å². The van der Waals surface area contributed by atoms with Crippen LogP contribution in [0.3, 0.4) is 0 Å². The molecule has 0 saturated carbocycles. The number of thiophene rings is 1. The molecular formula is C23H14Cl2FN3OS2. The molecule has 3 heterocycles. The summed E-state index contributed by atoms with van der Waals surface area (Å²) < 4.78 is 15.6. The highest BCUT2D eigenvalue weighted by Gasteiger charge is 2.18. The molecule has 0 unspecified atom stereocenters. The van der Waals surface area contributed by atoms with E-state index >= 15 is 0 Å². The zero-order valence-electron chi connectivity index (χ0n) is 16.4. The third kappa shape index (κ3) is 4.13. The van der Waals surface area contributed by atoms with Crippen molar-refractivity contribution in [1.82, 2.24) is 14.5 Å². The van der Waals surface area contributed by atoms with E-state index in [1.807, 2.05) is 24.3 Å². The number of rotatable bonds is 5. The molecule has 2 aromatic carbocycles. The molecular weight excluding hydrogens is 488 g/mol. The summed E-state index contributed by atoms with van der Waals surface area (Å²) in [6, 6.07) is 15.4. The average molecular weight is 502 g/mol. The molecule has 0 N–H and O–H groups in total. The first-order valence-electron chi connectivity index (χ1n) is 9.59. The third-order valence-electron chi connectivity index (χ3n) is 4.94. The Kier molecular flexibility index (Phi) is 5.90. The van der Waals surface area contributed by atoms with Crippen molar-refractivity contribution in [3.63, 3.8) is 0 Å². The minimum atomic E-state index is -0.389. The van der Waals surface area contributed by atoms with Gasteiger partial charge in [-0.3, -0.25) is 9.36 Å². The second kappa shape index (κ2) is 8.83. The highest BCUT2D eigenvalue weighted by atomic mass is 35.5. The molecule has 9 heteroatoms. The van der Waals surface area contributed by atoms with Gasteiger partial charge in [0, 0.05) is 27.4 Å². The number of halogens is 3. The molecule has 0 radical (unpaired) electrons. The molecule has 0 spiro atoms. The average Bonchev–Trinajstić information content (AvgIpc) is 3.16. The standard InChI is InChI=1S/C23H14Cl2FN3OS2/c24-15-6-3-13(4-7-15)11-29-22(30)20-19(17-2-1-9-27-21(17)32-20)28-23(29)31-12-14-5-8-16(26)10-18(14)25/h1-10H,11-12H2. The Morgan fingerprint density at radius 2 is 1.91 bits per heavy atom. The van der Waals surface area contributed by atoms with Gasteiger partial charge in [0.15, 0.2) is 5.16 Å². The fourth-order valence-corrected chi connectivity index (χ4v) is 5.81. The summed E-state index contributed by atoms with van der Waals surface area (Å²) in [6.07, 6.45) is 1.70. The fourth-order valence-electron chi connectivity index (χ4n) is 3.34. The van der Waals surface area contributed by atoms with Gasteiger partial charge in [-0.1, -0.05) is 53.2 Å². The highest BCUT2D eigenvalue weighted by molar-refractivity contribution is 7.98. The molecule has 3 aromatic heterocycles. The molecule has 32 heavy (non-hydrogen) atoms. The maximum atomic E-state index is 13.5. The van der Waals surface area contributed by atoms with Crippen LogP contribution in [0, 0.1) is 5.82 Å². The van der Waals surface area contributed by atoms with Gasteiger partial charge in [-0.25, -0.2) is 14.4 Å². The smallest absolute Gasteiger partial charge is 0.272 e. The van der Waals surface area contributed by atoms with Gasteiger partial charge >= 0.3 is 0 Å². The van der Waals surface area contributed by atoms with Crippen LogP contribution < -0.4 is 5.56 Å². The SMILES string of the molecule is O=c1c2sc3ncccc3c2nc(SCc2ccc(F)cc2Cl)n1Cc1ccc(Cl)cc1. The monoisotopic (exact) mass is 501 g/mol. The van der Waals surface area contributed by atoms with E-state index in [4.69, 9.17) is 28.2 Å². The van der Waals surface area contributed by atoms with Gasteiger partial charge in [0.1, 0.15) is 15.3 Å². The summed E-state index contributed by atoms with van der Waals surface area (Å²) in [6.45, 7) is 0.347. The van der Waals surface area contributed by atoms with Crippen molar-refractivity contribution in [2.45, 2.75) is 17.5 Å². The Hall–Kier alpha value is -2.45. The minimum Gasteiger partial charge on any atom is -0.282 e. The summed E-state index contributed by atoms with van der Waals surface area (Å²) >= 11 is 14.9. The van der Waals surface area contributed by atoms with Gasteiger partial charge in [-0.2, -0.15) is 0 Å². The van der Waals surface area contributed by atoms with E-state index in [0.29, 0.717) is 37.7 Å². The number of benzene rings is 2. The van der Waals surface area contributed by atoms with E-state index in [0.717, 1.165) is 21.3 Å². The van der Waals surface area contributed by atoms with Crippen LogP contribution in [0.4, 0.5) is 4.39 Å². The summed E-state index contributed by atoms with van der Waals surface area (Å²) in [5.41, 5.74) is 2.21. The molecule has 0 bridgehead atoms. The van der Waals surface area contributed by atoms with E-state index in [1.54, 1.807) is 29.0 Å². The van der Waals surface area contributed by atoms with E-state index in [2.05, 4.69) is 4.98 Å². The van der Waals surface area contributed by atoms with E-state index < -0.39 is 0 Å². The lowest BCUT2D eigenvalue weighted by Gasteiger charge is -2.13. The number of pyridine rings is 1. The topological polar surface area (TPSA) is 47.8 Å². The zero-order chi connectivity index (χ0) is 22.2. The number of hydrogen-bond acceptors (Lipinski definition) is 5. The van der Waals surface area contributed by atoms with Crippen LogP contribution in [-0.4, -0.2) is 14.5 Å². The zero-order valence-corrected chi connectivity index (χ0v) is 19.5. The van der Waals surface area contributed by atoms with E-state index in [9.17, 15) is 9.18 Å². The van der Waals surface area contributed by atoms with Crippen molar-refractivity contribution in [3.8, 4) is 0 Å². The summed E-state index contributed by atoms with van der Waals surface area (Å²) in [4.78, 5) is 23.5. The Balaban J connectivity index is 1.62. The van der Waals surface area contributed by atoms with Crippen LogP contribution >= 0.6 is 46.3 Å². The molecule has 4 nitrogen and oxygen atoms in total. The lowest BCUT2D eigenvalue weighted by molar-refractivity contribution is 0.627. The molecule has 0 aliphatic rings. The summed E-state index contributed by atoms with van der Waals surface area (Å²) in [5.74, 6) is 0.0537. The van der Waals surface area contributed by atoms with Crippen molar-refractivity contribution >= 4 is 66.7 Å². The lowest BCUT2D eigenvalue weighted by Crippen LogP contribution is -2.23. The first kappa shape index (κ1) is 21.4. The number of thioether (sulfide) groups is 1. The number of aromatic nitrogens is 3. The lowest BCUT2D eigenvalue weighted by atomic mass is 10.2. The second-order valence-electron chi connectivity index (χ2n) is 7.07. The van der Waals surface area contributed by atoms with Crippen LogP contribution in [0.25, 0.3) is 20.4 Å². The highest BCUT2D eigenvalue weighted by Crippen LogP contribution is 2.32. The Morgan fingerprint density at radius 3 is 2.69 bits per heavy atom. The number of hydrogen-bond donors (Lipinski definition) is 0. The van der Waals surface area contributed by atoms with Gasteiger partial charge < -0.3 is 0 Å². The normalized spacial score (nSPS) is 11.5. The van der Waals surface area contributed by atoms with Crippen molar-refractivity contribution in [2.75, 3.05) is 0 Å². The minimum absolute atomic E-state index is 0.124. The Morgan fingerprint density at radius 1 is 1.09 bits per heavy atom.